The lowest BCUT2D eigenvalue weighted by molar-refractivity contribution is -0.117. The summed E-state index contributed by atoms with van der Waals surface area (Å²) in [5, 5.41) is 5.15. The Balaban J connectivity index is 1.96. The van der Waals surface area contributed by atoms with Crippen LogP contribution in [0.25, 0.3) is 0 Å². The molecule has 20 heavy (non-hydrogen) atoms. The molecule has 0 aromatic carbocycles. The highest BCUT2D eigenvalue weighted by molar-refractivity contribution is 9.10. The van der Waals surface area contributed by atoms with Gasteiger partial charge < -0.3 is 15.1 Å². The fourth-order valence-corrected chi connectivity index (χ4v) is 1.80. The first-order valence-electron chi connectivity index (χ1n) is 5.83. The van der Waals surface area contributed by atoms with E-state index in [1.54, 1.807) is 31.3 Å². The van der Waals surface area contributed by atoms with Gasteiger partial charge in [0, 0.05) is 6.20 Å². The zero-order valence-corrected chi connectivity index (χ0v) is 12.2. The number of anilines is 1. The van der Waals surface area contributed by atoms with E-state index in [-0.39, 0.29) is 11.7 Å². The average molecular weight is 338 g/mol. The van der Waals surface area contributed by atoms with E-state index in [9.17, 15) is 9.59 Å². The Morgan fingerprint density at radius 2 is 2.15 bits per heavy atom. The summed E-state index contributed by atoms with van der Waals surface area (Å²) in [5.74, 6) is -0.262. The topological polar surface area (TPSA) is 84.2 Å². The fraction of sp³-hybridized carbons (Fsp3) is 0.154. The van der Waals surface area contributed by atoms with Gasteiger partial charge in [0.25, 0.3) is 5.91 Å². The molecule has 0 fully saturated rings. The first-order valence-corrected chi connectivity index (χ1v) is 6.63. The number of pyridine rings is 1. The number of carbonyl (C=O) groups excluding carboxylic acids is 2. The smallest absolute Gasteiger partial charge is 0.287 e. The van der Waals surface area contributed by atoms with Crippen LogP contribution in [0.5, 0.6) is 0 Å². The maximum absolute atomic E-state index is 12.0. The Hall–Kier alpha value is -2.15. The molecule has 0 radical (unpaired) electrons. The van der Waals surface area contributed by atoms with E-state index in [4.69, 9.17) is 4.42 Å². The van der Waals surface area contributed by atoms with Crippen LogP contribution in [0.1, 0.15) is 17.5 Å². The van der Waals surface area contributed by atoms with Crippen molar-refractivity contribution in [2.75, 3.05) is 5.32 Å². The quantitative estimate of drug-likeness (QED) is 0.895. The number of furan rings is 1. The van der Waals surface area contributed by atoms with Gasteiger partial charge in [-0.2, -0.15) is 0 Å². The number of aromatic nitrogens is 1. The molecule has 0 unspecified atom stereocenters. The highest BCUT2D eigenvalue weighted by atomic mass is 79.9. The van der Waals surface area contributed by atoms with Gasteiger partial charge in [0.2, 0.25) is 5.91 Å². The van der Waals surface area contributed by atoms with Crippen LogP contribution in [0.4, 0.5) is 5.82 Å². The minimum atomic E-state index is -0.721. The van der Waals surface area contributed by atoms with Crippen molar-refractivity contribution >= 4 is 33.6 Å². The molecule has 2 amide bonds. The van der Waals surface area contributed by atoms with E-state index in [2.05, 4.69) is 31.5 Å². The van der Waals surface area contributed by atoms with Crippen molar-refractivity contribution in [3.8, 4) is 0 Å². The summed E-state index contributed by atoms with van der Waals surface area (Å²) in [6, 6.07) is 5.90. The van der Waals surface area contributed by atoms with Crippen molar-refractivity contribution in [2.24, 2.45) is 0 Å². The number of nitrogens with zero attached hydrogens (tertiary/aromatic N) is 1. The number of hydrogen-bond acceptors (Lipinski definition) is 4. The second kappa shape index (κ2) is 6.33. The van der Waals surface area contributed by atoms with Crippen molar-refractivity contribution < 1.29 is 14.0 Å². The first-order chi connectivity index (χ1) is 9.58. The lowest BCUT2D eigenvalue weighted by Crippen LogP contribution is -2.41. The number of amides is 2. The number of halogens is 1. The molecule has 0 bridgehead atoms. The molecule has 2 rings (SSSR count). The van der Waals surface area contributed by atoms with Crippen molar-refractivity contribution in [3.05, 3.63) is 47.0 Å². The van der Waals surface area contributed by atoms with Crippen molar-refractivity contribution in [2.45, 2.75) is 13.0 Å². The monoisotopic (exact) mass is 337 g/mol. The van der Waals surface area contributed by atoms with Gasteiger partial charge in [-0.25, -0.2) is 4.98 Å². The lowest BCUT2D eigenvalue weighted by Gasteiger charge is -2.13. The predicted molar refractivity (Wildman–Crippen MR) is 76.2 cm³/mol. The Bertz CT molecular complexity index is 613. The maximum atomic E-state index is 12.0. The molecular weight excluding hydrogens is 326 g/mol. The first kappa shape index (κ1) is 14.3. The van der Waals surface area contributed by atoms with Crippen LogP contribution in [0.3, 0.4) is 0 Å². The molecule has 0 saturated carbocycles. The second-order valence-electron chi connectivity index (χ2n) is 4.00. The molecular formula is C13H12BrN3O3. The number of carbonyl (C=O) groups is 2. The summed E-state index contributed by atoms with van der Waals surface area (Å²) in [7, 11) is 0. The van der Waals surface area contributed by atoms with Gasteiger partial charge in [0.05, 0.1) is 10.7 Å². The summed E-state index contributed by atoms with van der Waals surface area (Å²) in [6.45, 7) is 1.58. The Labute approximate surface area is 123 Å². The summed E-state index contributed by atoms with van der Waals surface area (Å²) in [4.78, 5) is 27.7. The molecule has 0 spiro atoms. The molecule has 0 saturated heterocycles. The van der Waals surface area contributed by atoms with Crippen LogP contribution in [-0.2, 0) is 4.79 Å². The predicted octanol–water partition coefficient (Wildman–Crippen LogP) is 2.19. The van der Waals surface area contributed by atoms with Crippen LogP contribution in [0, 0.1) is 0 Å². The zero-order valence-electron chi connectivity index (χ0n) is 10.6. The Morgan fingerprint density at radius 1 is 1.35 bits per heavy atom. The molecule has 2 heterocycles. The average Bonchev–Trinajstić information content (AvgIpc) is 2.95. The SMILES string of the molecule is C[C@@H](NC(=O)c1ccco1)C(=O)Nc1ncccc1Br. The molecule has 1 atom stereocenters. The third-order valence-electron chi connectivity index (χ3n) is 2.49. The molecule has 0 aliphatic carbocycles. The molecule has 104 valence electrons. The van der Waals surface area contributed by atoms with E-state index in [1.165, 1.54) is 12.3 Å². The summed E-state index contributed by atoms with van der Waals surface area (Å²) < 4.78 is 5.61. The van der Waals surface area contributed by atoms with Gasteiger partial charge in [0.1, 0.15) is 11.9 Å². The van der Waals surface area contributed by atoms with Crippen LogP contribution in [0.2, 0.25) is 0 Å². The van der Waals surface area contributed by atoms with Crippen LogP contribution >= 0.6 is 15.9 Å². The normalized spacial score (nSPS) is 11.7. The van der Waals surface area contributed by atoms with Crippen LogP contribution < -0.4 is 10.6 Å². The van der Waals surface area contributed by atoms with Crippen molar-refractivity contribution in [1.82, 2.24) is 10.3 Å². The standard InChI is InChI=1S/C13H12BrN3O3/c1-8(16-13(19)10-5-3-7-20-10)12(18)17-11-9(14)4-2-6-15-11/h2-8H,1H3,(H,16,19)(H,15,17,18)/t8-/m1/s1. The minimum Gasteiger partial charge on any atom is -0.459 e. The molecule has 6 nitrogen and oxygen atoms in total. The number of rotatable bonds is 4. The lowest BCUT2D eigenvalue weighted by atomic mass is 10.3. The molecule has 2 N–H and O–H groups in total. The third kappa shape index (κ3) is 3.45. The Morgan fingerprint density at radius 3 is 2.80 bits per heavy atom. The summed E-state index contributed by atoms with van der Waals surface area (Å²) in [6.07, 6.45) is 2.96. The highest BCUT2D eigenvalue weighted by Crippen LogP contribution is 2.18. The largest absolute Gasteiger partial charge is 0.459 e. The maximum Gasteiger partial charge on any atom is 0.287 e. The van der Waals surface area contributed by atoms with E-state index in [1.807, 2.05) is 0 Å². The van der Waals surface area contributed by atoms with E-state index >= 15 is 0 Å². The molecule has 2 aromatic rings. The number of nitrogens with one attached hydrogen (secondary N) is 2. The van der Waals surface area contributed by atoms with Gasteiger partial charge in [-0.3, -0.25) is 9.59 Å². The van der Waals surface area contributed by atoms with Crippen LogP contribution in [0.15, 0.2) is 45.6 Å². The summed E-state index contributed by atoms with van der Waals surface area (Å²) in [5.41, 5.74) is 0. The van der Waals surface area contributed by atoms with Crippen molar-refractivity contribution in [1.29, 1.82) is 0 Å². The highest BCUT2D eigenvalue weighted by Gasteiger charge is 2.19. The molecule has 2 aromatic heterocycles. The number of hydrogen-bond donors (Lipinski definition) is 2. The minimum absolute atomic E-state index is 0.156. The molecule has 0 aliphatic heterocycles. The van der Waals surface area contributed by atoms with Gasteiger partial charge >= 0.3 is 0 Å². The van der Waals surface area contributed by atoms with Gasteiger partial charge in [-0.1, -0.05) is 0 Å². The Kier molecular flexibility index (Phi) is 4.52. The molecule has 7 heteroatoms. The van der Waals surface area contributed by atoms with Crippen LogP contribution in [-0.4, -0.2) is 22.8 Å². The summed E-state index contributed by atoms with van der Waals surface area (Å²) >= 11 is 3.28. The van der Waals surface area contributed by atoms with E-state index in [0.717, 1.165) is 0 Å². The van der Waals surface area contributed by atoms with E-state index in [0.29, 0.717) is 10.3 Å². The second-order valence-corrected chi connectivity index (χ2v) is 4.85. The van der Waals surface area contributed by atoms with Gasteiger partial charge in [-0.05, 0) is 47.1 Å². The third-order valence-corrected chi connectivity index (χ3v) is 3.13. The van der Waals surface area contributed by atoms with Gasteiger partial charge in [0.15, 0.2) is 5.76 Å². The van der Waals surface area contributed by atoms with Crippen molar-refractivity contribution in [3.63, 3.8) is 0 Å². The fourth-order valence-electron chi connectivity index (χ4n) is 1.44. The molecule has 0 aliphatic rings. The zero-order chi connectivity index (χ0) is 14.5. The van der Waals surface area contributed by atoms with Gasteiger partial charge in [-0.15, -0.1) is 0 Å². The van der Waals surface area contributed by atoms with E-state index < -0.39 is 11.9 Å².